The molecule has 17 heavy (non-hydrogen) atoms. The van der Waals surface area contributed by atoms with E-state index in [1.165, 1.54) is 4.90 Å². The maximum Gasteiger partial charge on any atom is 0.323 e. The number of amides is 1. The number of hydrogen-bond donors (Lipinski definition) is 2. The van der Waals surface area contributed by atoms with Crippen molar-refractivity contribution in [2.24, 2.45) is 0 Å². The second-order valence-corrected chi connectivity index (χ2v) is 5.57. The van der Waals surface area contributed by atoms with E-state index in [0.29, 0.717) is 13.0 Å². The van der Waals surface area contributed by atoms with E-state index in [2.05, 4.69) is 5.32 Å². The van der Waals surface area contributed by atoms with Crippen LogP contribution in [0, 0.1) is 0 Å². The van der Waals surface area contributed by atoms with Crippen LogP contribution < -0.4 is 5.32 Å². The second-order valence-electron chi connectivity index (χ2n) is 5.57. The summed E-state index contributed by atoms with van der Waals surface area (Å²) in [6, 6.07) is 0.160. The number of nitrogens with zero attached hydrogens (tertiary/aromatic N) is 1. The fourth-order valence-corrected chi connectivity index (χ4v) is 1.64. The highest BCUT2D eigenvalue weighted by atomic mass is 16.4. The summed E-state index contributed by atoms with van der Waals surface area (Å²) in [7, 11) is 0. The largest absolute Gasteiger partial charge is 0.480 e. The fourth-order valence-electron chi connectivity index (χ4n) is 1.64. The molecule has 0 spiro atoms. The molecule has 2 N–H and O–H groups in total. The lowest BCUT2D eigenvalue weighted by Gasteiger charge is -2.23. The number of carboxylic acids is 1. The number of nitrogens with one attached hydrogen (secondary N) is 1. The number of rotatable bonds is 6. The van der Waals surface area contributed by atoms with Crippen LogP contribution in [0.15, 0.2) is 0 Å². The molecule has 0 aromatic carbocycles. The minimum absolute atomic E-state index is 0.0164. The standard InChI is InChI=1S/C12H22N2O3/c1-12(2,3)13-7-6-10(15)14(8-11(16)17)9-4-5-9/h9,13H,4-8H2,1-3H3,(H,16,17). The van der Waals surface area contributed by atoms with Gasteiger partial charge in [-0.15, -0.1) is 0 Å². The third-order valence-electron chi connectivity index (χ3n) is 2.61. The Labute approximate surface area is 102 Å². The predicted octanol–water partition coefficient (Wildman–Crippen LogP) is 0.840. The summed E-state index contributed by atoms with van der Waals surface area (Å²) in [6.45, 7) is 6.53. The first-order chi connectivity index (χ1) is 7.79. The quantitative estimate of drug-likeness (QED) is 0.724. The van der Waals surface area contributed by atoms with Gasteiger partial charge in [-0.1, -0.05) is 0 Å². The van der Waals surface area contributed by atoms with Gasteiger partial charge in [0.05, 0.1) is 0 Å². The van der Waals surface area contributed by atoms with Crippen LogP contribution in [-0.4, -0.2) is 46.6 Å². The van der Waals surface area contributed by atoms with Crippen molar-refractivity contribution >= 4 is 11.9 Å². The number of hydrogen-bond acceptors (Lipinski definition) is 3. The van der Waals surface area contributed by atoms with Gasteiger partial charge >= 0.3 is 5.97 Å². The fraction of sp³-hybridized carbons (Fsp3) is 0.833. The third-order valence-corrected chi connectivity index (χ3v) is 2.61. The summed E-state index contributed by atoms with van der Waals surface area (Å²) in [5, 5.41) is 12.0. The van der Waals surface area contributed by atoms with E-state index in [9.17, 15) is 9.59 Å². The van der Waals surface area contributed by atoms with Crippen LogP contribution in [0.3, 0.4) is 0 Å². The Bertz CT molecular complexity index is 293. The normalized spacial score (nSPS) is 15.7. The number of carbonyl (C=O) groups excluding carboxylic acids is 1. The molecular formula is C12H22N2O3. The molecular weight excluding hydrogens is 220 g/mol. The van der Waals surface area contributed by atoms with E-state index in [-0.39, 0.29) is 24.0 Å². The van der Waals surface area contributed by atoms with Gasteiger partial charge in [0.1, 0.15) is 6.54 Å². The van der Waals surface area contributed by atoms with Crippen molar-refractivity contribution < 1.29 is 14.7 Å². The molecule has 0 bridgehead atoms. The minimum atomic E-state index is -0.936. The highest BCUT2D eigenvalue weighted by Gasteiger charge is 2.33. The zero-order valence-electron chi connectivity index (χ0n) is 10.8. The predicted molar refractivity (Wildman–Crippen MR) is 64.7 cm³/mol. The van der Waals surface area contributed by atoms with Crippen molar-refractivity contribution in [3.05, 3.63) is 0 Å². The first kappa shape index (κ1) is 14.0. The Morgan fingerprint density at radius 3 is 2.35 bits per heavy atom. The van der Waals surface area contributed by atoms with Gasteiger partial charge in [-0.25, -0.2) is 0 Å². The SMILES string of the molecule is CC(C)(C)NCCC(=O)N(CC(=O)O)C1CC1. The Morgan fingerprint density at radius 1 is 1.35 bits per heavy atom. The molecule has 5 heteroatoms. The molecule has 5 nitrogen and oxygen atoms in total. The molecule has 1 aliphatic carbocycles. The second kappa shape index (κ2) is 5.49. The van der Waals surface area contributed by atoms with Crippen LogP contribution in [0.1, 0.15) is 40.0 Å². The highest BCUT2D eigenvalue weighted by molar-refractivity contribution is 5.82. The van der Waals surface area contributed by atoms with Crippen LogP contribution >= 0.6 is 0 Å². The summed E-state index contributed by atoms with van der Waals surface area (Å²) in [5.74, 6) is -0.999. The molecule has 0 aromatic heterocycles. The zero-order valence-corrected chi connectivity index (χ0v) is 10.8. The van der Waals surface area contributed by atoms with E-state index in [1.807, 2.05) is 20.8 Å². The summed E-state index contributed by atoms with van der Waals surface area (Å²) < 4.78 is 0. The molecule has 0 saturated heterocycles. The molecule has 0 aromatic rings. The van der Waals surface area contributed by atoms with Gasteiger partial charge in [0.2, 0.25) is 5.91 Å². The maximum atomic E-state index is 11.9. The van der Waals surface area contributed by atoms with Crippen molar-refractivity contribution in [3.63, 3.8) is 0 Å². The molecule has 1 fully saturated rings. The number of aliphatic carboxylic acids is 1. The molecule has 0 aliphatic heterocycles. The van der Waals surface area contributed by atoms with E-state index in [4.69, 9.17) is 5.11 Å². The molecule has 1 saturated carbocycles. The van der Waals surface area contributed by atoms with Gasteiger partial charge in [-0.2, -0.15) is 0 Å². The monoisotopic (exact) mass is 242 g/mol. The van der Waals surface area contributed by atoms with E-state index < -0.39 is 5.97 Å². The summed E-state index contributed by atoms with van der Waals surface area (Å²) >= 11 is 0. The molecule has 1 aliphatic rings. The minimum Gasteiger partial charge on any atom is -0.480 e. The first-order valence-electron chi connectivity index (χ1n) is 6.06. The van der Waals surface area contributed by atoms with Gasteiger partial charge in [-0.05, 0) is 33.6 Å². The molecule has 0 heterocycles. The maximum absolute atomic E-state index is 11.9. The molecule has 0 atom stereocenters. The summed E-state index contributed by atoms with van der Waals surface area (Å²) in [5.41, 5.74) is -0.0164. The van der Waals surface area contributed by atoms with Crippen LogP contribution in [0.2, 0.25) is 0 Å². The van der Waals surface area contributed by atoms with Crippen LogP contribution in [0.4, 0.5) is 0 Å². The van der Waals surface area contributed by atoms with Gasteiger partial charge in [0, 0.05) is 24.5 Å². The highest BCUT2D eigenvalue weighted by Crippen LogP contribution is 2.27. The zero-order chi connectivity index (χ0) is 13.1. The van der Waals surface area contributed by atoms with E-state index >= 15 is 0 Å². The molecule has 98 valence electrons. The third kappa shape index (κ3) is 5.68. The Kier molecular flexibility index (Phi) is 4.51. The van der Waals surface area contributed by atoms with Gasteiger partial charge in [0.15, 0.2) is 0 Å². The van der Waals surface area contributed by atoms with Gasteiger partial charge < -0.3 is 15.3 Å². The van der Waals surface area contributed by atoms with Gasteiger partial charge in [0.25, 0.3) is 0 Å². The molecule has 1 amide bonds. The number of carbonyl (C=O) groups is 2. The van der Waals surface area contributed by atoms with E-state index in [0.717, 1.165) is 12.8 Å². The van der Waals surface area contributed by atoms with Gasteiger partial charge in [-0.3, -0.25) is 9.59 Å². The van der Waals surface area contributed by atoms with Crippen LogP contribution in [-0.2, 0) is 9.59 Å². The lowest BCUT2D eigenvalue weighted by Crippen LogP contribution is -2.41. The Balaban J connectivity index is 2.35. The van der Waals surface area contributed by atoms with Crippen molar-refractivity contribution in [1.29, 1.82) is 0 Å². The average molecular weight is 242 g/mol. The van der Waals surface area contributed by atoms with Crippen LogP contribution in [0.25, 0.3) is 0 Å². The van der Waals surface area contributed by atoms with E-state index in [1.54, 1.807) is 0 Å². The van der Waals surface area contributed by atoms with Crippen molar-refractivity contribution in [3.8, 4) is 0 Å². The lowest BCUT2D eigenvalue weighted by atomic mass is 10.1. The number of carboxylic acid groups (broad SMARTS) is 1. The molecule has 0 unspecified atom stereocenters. The summed E-state index contributed by atoms with van der Waals surface area (Å²) in [4.78, 5) is 24.0. The van der Waals surface area contributed by atoms with Crippen molar-refractivity contribution in [2.75, 3.05) is 13.1 Å². The smallest absolute Gasteiger partial charge is 0.323 e. The Morgan fingerprint density at radius 2 is 1.94 bits per heavy atom. The first-order valence-corrected chi connectivity index (χ1v) is 6.06. The van der Waals surface area contributed by atoms with Crippen molar-refractivity contribution in [2.45, 2.75) is 51.6 Å². The lowest BCUT2D eigenvalue weighted by molar-refractivity contribution is -0.144. The average Bonchev–Trinajstić information content (AvgIpc) is 2.94. The topological polar surface area (TPSA) is 69.6 Å². The van der Waals surface area contributed by atoms with Crippen LogP contribution in [0.5, 0.6) is 0 Å². The Hall–Kier alpha value is -1.10. The summed E-state index contributed by atoms with van der Waals surface area (Å²) in [6.07, 6.45) is 2.23. The molecule has 0 radical (unpaired) electrons. The molecule has 1 rings (SSSR count). The van der Waals surface area contributed by atoms with Crippen molar-refractivity contribution in [1.82, 2.24) is 10.2 Å².